The van der Waals surface area contributed by atoms with Crippen LogP contribution in [0.4, 0.5) is 0 Å². The van der Waals surface area contributed by atoms with Crippen molar-refractivity contribution >= 4 is 45.3 Å². The highest BCUT2D eigenvalue weighted by molar-refractivity contribution is 8.01. The SMILES string of the molecule is CCOC(=O)C(Sc1ncnc2sc(-c3ccccc3)cc12)C(=O)OCC. The zero-order valence-corrected chi connectivity index (χ0v) is 16.5. The minimum atomic E-state index is -1.12. The maximum atomic E-state index is 12.2. The molecule has 1 aromatic carbocycles. The standard InChI is InChI=1S/C19H18N2O4S2/c1-3-24-18(22)15(19(23)25-4-2)27-17-13-10-14(12-8-6-5-7-9-12)26-16(13)20-11-21-17/h5-11,15H,3-4H2,1-2H3. The van der Waals surface area contributed by atoms with E-state index < -0.39 is 17.2 Å². The number of hydrogen-bond acceptors (Lipinski definition) is 8. The number of nitrogens with zero attached hydrogens (tertiary/aromatic N) is 2. The van der Waals surface area contributed by atoms with Crippen LogP contribution >= 0.6 is 23.1 Å². The summed E-state index contributed by atoms with van der Waals surface area (Å²) in [7, 11) is 0. The highest BCUT2D eigenvalue weighted by Gasteiger charge is 2.32. The summed E-state index contributed by atoms with van der Waals surface area (Å²) in [6.07, 6.45) is 1.43. The van der Waals surface area contributed by atoms with E-state index in [-0.39, 0.29) is 13.2 Å². The molecule has 0 saturated heterocycles. The average molecular weight is 402 g/mol. The molecule has 6 nitrogen and oxygen atoms in total. The average Bonchev–Trinajstić information content (AvgIpc) is 3.12. The Labute approximate surface area is 164 Å². The van der Waals surface area contributed by atoms with Crippen LogP contribution in [0.3, 0.4) is 0 Å². The molecular formula is C19H18N2O4S2. The van der Waals surface area contributed by atoms with Crippen LogP contribution in [0.15, 0.2) is 47.8 Å². The van der Waals surface area contributed by atoms with Gasteiger partial charge in [-0.3, -0.25) is 9.59 Å². The van der Waals surface area contributed by atoms with Crippen LogP contribution < -0.4 is 0 Å². The van der Waals surface area contributed by atoms with Gasteiger partial charge in [0.25, 0.3) is 0 Å². The second-order valence-corrected chi connectivity index (χ2v) is 7.50. The summed E-state index contributed by atoms with van der Waals surface area (Å²) in [5, 5.41) is 0.220. The Hall–Kier alpha value is -2.45. The summed E-state index contributed by atoms with van der Waals surface area (Å²) in [5.74, 6) is -1.27. The first-order valence-corrected chi connectivity index (χ1v) is 10.1. The Morgan fingerprint density at radius 2 is 1.74 bits per heavy atom. The summed E-state index contributed by atoms with van der Waals surface area (Å²) >= 11 is 2.56. The molecule has 27 heavy (non-hydrogen) atoms. The van der Waals surface area contributed by atoms with E-state index >= 15 is 0 Å². The van der Waals surface area contributed by atoms with Gasteiger partial charge in [0.05, 0.1) is 13.2 Å². The van der Waals surface area contributed by atoms with E-state index in [2.05, 4.69) is 9.97 Å². The van der Waals surface area contributed by atoms with E-state index in [0.29, 0.717) is 5.03 Å². The summed E-state index contributed by atoms with van der Waals surface area (Å²) in [6, 6.07) is 11.9. The highest BCUT2D eigenvalue weighted by Crippen LogP contribution is 2.37. The molecule has 0 fully saturated rings. The molecule has 8 heteroatoms. The Morgan fingerprint density at radius 3 is 2.37 bits per heavy atom. The van der Waals surface area contributed by atoms with E-state index in [4.69, 9.17) is 9.47 Å². The second kappa shape index (κ2) is 8.96. The van der Waals surface area contributed by atoms with Crippen molar-refractivity contribution in [3.8, 4) is 10.4 Å². The van der Waals surface area contributed by atoms with Crippen LogP contribution in [0, 0.1) is 0 Å². The fourth-order valence-electron chi connectivity index (χ4n) is 2.41. The van der Waals surface area contributed by atoms with Crippen molar-refractivity contribution in [2.24, 2.45) is 0 Å². The Bertz CT molecular complexity index is 925. The quantitative estimate of drug-likeness (QED) is 0.256. The van der Waals surface area contributed by atoms with Crippen molar-refractivity contribution in [3.63, 3.8) is 0 Å². The van der Waals surface area contributed by atoms with Crippen molar-refractivity contribution in [1.29, 1.82) is 0 Å². The number of carbonyl (C=O) groups is 2. The third-order valence-electron chi connectivity index (χ3n) is 3.58. The van der Waals surface area contributed by atoms with Gasteiger partial charge in [-0.1, -0.05) is 42.1 Å². The van der Waals surface area contributed by atoms with Crippen molar-refractivity contribution in [1.82, 2.24) is 9.97 Å². The third kappa shape index (κ3) is 4.45. The third-order valence-corrected chi connectivity index (χ3v) is 5.84. The van der Waals surface area contributed by atoms with Gasteiger partial charge in [0.2, 0.25) is 5.25 Å². The molecule has 0 atom stereocenters. The van der Waals surface area contributed by atoms with E-state index in [9.17, 15) is 9.59 Å². The fourth-order valence-corrected chi connectivity index (χ4v) is 4.42. The summed E-state index contributed by atoms with van der Waals surface area (Å²) in [5.41, 5.74) is 1.07. The molecule has 0 N–H and O–H groups in total. The largest absolute Gasteiger partial charge is 0.465 e. The van der Waals surface area contributed by atoms with Gasteiger partial charge in [-0.15, -0.1) is 11.3 Å². The highest BCUT2D eigenvalue weighted by atomic mass is 32.2. The second-order valence-electron chi connectivity index (χ2n) is 5.38. The van der Waals surface area contributed by atoms with Gasteiger partial charge in [0, 0.05) is 10.3 Å². The first-order valence-electron chi connectivity index (χ1n) is 8.44. The normalized spacial score (nSPS) is 10.9. The van der Waals surface area contributed by atoms with Crippen LogP contribution in [0.25, 0.3) is 20.7 Å². The van der Waals surface area contributed by atoms with Gasteiger partial charge in [-0.05, 0) is 25.5 Å². The predicted octanol–water partition coefficient (Wildman–Crippen LogP) is 3.95. The van der Waals surface area contributed by atoms with Gasteiger partial charge in [0.15, 0.2) is 0 Å². The molecule has 2 aromatic heterocycles. The lowest BCUT2D eigenvalue weighted by Gasteiger charge is -2.13. The van der Waals surface area contributed by atoms with E-state index in [1.165, 1.54) is 17.7 Å². The van der Waals surface area contributed by atoms with Crippen molar-refractivity contribution in [3.05, 3.63) is 42.7 Å². The first-order chi connectivity index (χ1) is 13.1. The maximum Gasteiger partial charge on any atom is 0.331 e. The topological polar surface area (TPSA) is 78.4 Å². The molecule has 0 unspecified atom stereocenters. The lowest BCUT2D eigenvalue weighted by atomic mass is 10.2. The van der Waals surface area contributed by atoms with Crippen molar-refractivity contribution in [2.75, 3.05) is 13.2 Å². The van der Waals surface area contributed by atoms with Crippen LogP contribution in [-0.2, 0) is 19.1 Å². The monoisotopic (exact) mass is 402 g/mol. The smallest absolute Gasteiger partial charge is 0.331 e. The molecule has 0 bridgehead atoms. The number of rotatable bonds is 7. The summed E-state index contributed by atoms with van der Waals surface area (Å²) in [6.45, 7) is 3.76. The minimum Gasteiger partial charge on any atom is -0.465 e. The molecule has 3 aromatic rings. The minimum absolute atomic E-state index is 0.186. The molecule has 0 aliphatic rings. The van der Waals surface area contributed by atoms with E-state index in [1.807, 2.05) is 36.4 Å². The zero-order valence-electron chi connectivity index (χ0n) is 14.9. The van der Waals surface area contributed by atoms with Crippen molar-refractivity contribution < 1.29 is 19.1 Å². The fraction of sp³-hybridized carbons (Fsp3) is 0.263. The molecule has 0 aliphatic carbocycles. The number of benzene rings is 1. The van der Waals surface area contributed by atoms with Gasteiger partial charge in [0.1, 0.15) is 16.2 Å². The lowest BCUT2D eigenvalue weighted by Crippen LogP contribution is -2.31. The number of aromatic nitrogens is 2. The summed E-state index contributed by atoms with van der Waals surface area (Å²) in [4.78, 5) is 34.9. The molecule has 0 saturated carbocycles. The zero-order chi connectivity index (χ0) is 19.2. The Balaban J connectivity index is 1.96. The summed E-state index contributed by atoms with van der Waals surface area (Å²) < 4.78 is 10.1. The molecule has 0 spiro atoms. The molecule has 140 valence electrons. The van der Waals surface area contributed by atoms with Crippen LogP contribution in [-0.4, -0.2) is 40.4 Å². The van der Waals surface area contributed by atoms with Gasteiger partial charge < -0.3 is 9.47 Å². The van der Waals surface area contributed by atoms with Crippen LogP contribution in [0.1, 0.15) is 13.8 Å². The lowest BCUT2D eigenvalue weighted by molar-refractivity contribution is -0.152. The molecular weight excluding hydrogens is 384 g/mol. The predicted molar refractivity (Wildman–Crippen MR) is 106 cm³/mol. The van der Waals surface area contributed by atoms with Crippen molar-refractivity contribution in [2.45, 2.75) is 24.1 Å². The number of esters is 2. The Kier molecular flexibility index (Phi) is 6.41. The molecule has 0 radical (unpaired) electrons. The number of thiophene rings is 1. The van der Waals surface area contributed by atoms with Gasteiger partial charge >= 0.3 is 11.9 Å². The molecule has 0 aliphatic heterocycles. The van der Waals surface area contributed by atoms with Crippen LogP contribution in [0.2, 0.25) is 0 Å². The molecule has 0 amide bonds. The number of thioether (sulfide) groups is 1. The van der Waals surface area contributed by atoms with Crippen LogP contribution in [0.5, 0.6) is 0 Å². The van der Waals surface area contributed by atoms with Gasteiger partial charge in [-0.25, -0.2) is 9.97 Å². The Morgan fingerprint density at radius 1 is 1.07 bits per heavy atom. The number of fused-ring (bicyclic) bond motifs is 1. The molecule has 2 heterocycles. The van der Waals surface area contributed by atoms with E-state index in [1.54, 1.807) is 13.8 Å². The number of hydrogen-bond donors (Lipinski definition) is 0. The maximum absolute atomic E-state index is 12.2. The molecule has 3 rings (SSSR count). The van der Waals surface area contributed by atoms with E-state index in [0.717, 1.165) is 32.4 Å². The number of carbonyl (C=O) groups excluding carboxylic acids is 2. The van der Waals surface area contributed by atoms with Gasteiger partial charge in [-0.2, -0.15) is 0 Å². The number of ether oxygens (including phenoxy) is 2. The first kappa shape index (κ1) is 19.3.